The van der Waals surface area contributed by atoms with Gasteiger partial charge in [-0.2, -0.15) is 0 Å². The van der Waals surface area contributed by atoms with Crippen LogP contribution in [0.2, 0.25) is 0 Å². The lowest BCUT2D eigenvalue weighted by molar-refractivity contribution is -0.113. The first-order chi connectivity index (χ1) is 13.1. The maximum absolute atomic E-state index is 12.1. The van der Waals surface area contributed by atoms with Crippen LogP contribution in [0.25, 0.3) is 10.8 Å². The van der Waals surface area contributed by atoms with Crippen LogP contribution in [0.4, 0.5) is 5.69 Å². The Kier molecular flexibility index (Phi) is 5.31. The lowest BCUT2D eigenvalue weighted by atomic mass is 9.90. The van der Waals surface area contributed by atoms with Crippen molar-refractivity contribution in [2.75, 3.05) is 11.1 Å². The zero-order valence-electron chi connectivity index (χ0n) is 15.3. The zero-order chi connectivity index (χ0) is 18.8. The number of carbonyl (C=O) groups is 1. The third-order valence-electron chi connectivity index (χ3n) is 4.58. The van der Waals surface area contributed by atoms with Crippen molar-refractivity contribution in [3.63, 3.8) is 0 Å². The molecular formula is C20H21N3O2S2. The number of anilines is 1. The quantitative estimate of drug-likeness (QED) is 0.614. The van der Waals surface area contributed by atoms with E-state index in [0.717, 1.165) is 34.9 Å². The average Bonchev–Trinajstić information content (AvgIpc) is 3.26. The molecule has 0 saturated heterocycles. The van der Waals surface area contributed by atoms with Crippen molar-refractivity contribution in [2.45, 2.75) is 38.3 Å². The van der Waals surface area contributed by atoms with E-state index < -0.39 is 0 Å². The minimum absolute atomic E-state index is 0.0917. The van der Waals surface area contributed by atoms with Crippen LogP contribution in [0, 0.1) is 12.8 Å². The summed E-state index contributed by atoms with van der Waals surface area (Å²) in [5, 5.41) is 11.5. The van der Waals surface area contributed by atoms with Gasteiger partial charge >= 0.3 is 0 Å². The lowest BCUT2D eigenvalue weighted by Gasteiger charge is -2.16. The van der Waals surface area contributed by atoms with Gasteiger partial charge in [-0.3, -0.25) is 4.79 Å². The van der Waals surface area contributed by atoms with Gasteiger partial charge in [0, 0.05) is 10.6 Å². The number of amides is 1. The minimum Gasteiger partial charge on any atom is -0.410 e. The Morgan fingerprint density at radius 1 is 1.37 bits per heavy atom. The summed E-state index contributed by atoms with van der Waals surface area (Å²) in [6.45, 7) is 4.29. The summed E-state index contributed by atoms with van der Waals surface area (Å²) in [5.41, 5.74) is 3.32. The van der Waals surface area contributed by atoms with E-state index in [9.17, 15) is 4.79 Å². The average molecular weight is 400 g/mol. The molecule has 0 bridgehead atoms. The fourth-order valence-electron chi connectivity index (χ4n) is 3.23. The number of hydrogen-bond acceptors (Lipinski definition) is 6. The predicted molar refractivity (Wildman–Crippen MR) is 109 cm³/mol. The van der Waals surface area contributed by atoms with Gasteiger partial charge in [0.2, 0.25) is 5.91 Å². The van der Waals surface area contributed by atoms with E-state index in [-0.39, 0.29) is 11.7 Å². The van der Waals surface area contributed by atoms with Crippen molar-refractivity contribution in [3.8, 4) is 10.8 Å². The number of nitrogens with one attached hydrogen (secondary N) is 1. The fraction of sp³-hybridized carbons (Fsp3) is 0.350. The van der Waals surface area contributed by atoms with Crippen LogP contribution in [0.5, 0.6) is 0 Å². The summed E-state index contributed by atoms with van der Waals surface area (Å²) >= 11 is 3.00. The van der Waals surface area contributed by atoms with Crippen LogP contribution < -0.4 is 5.32 Å². The molecule has 3 aromatic rings. The molecule has 4 rings (SSSR count). The molecule has 1 amide bonds. The molecule has 1 aromatic carbocycles. The number of hydrogen-bond donors (Lipinski definition) is 1. The topological polar surface area (TPSA) is 68.0 Å². The second-order valence-electron chi connectivity index (χ2n) is 6.99. The standard InChI is InChI=1S/C20H21N3O2S2/c1-12-4-3-5-15(9-12)21-18(24)11-26-20-23-22-19(25-20)17-10-14-8-13(2)6-7-16(14)27-17/h3-5,9-10,13H,6-8,11H2,1-2H3,(H,21,24)/t13-/m1/s1. The number of carbonyl (C=O) groups excluding carboxylic acids is 1. The van der Waals surface area contributed by atoms with Gasteiger partial charge in [-0.25, -0.2) is 0 Å². The Morgan fingerprint density at radius 2 is 2.26 bits per heavy atom. The van der Waals surface area contributed by atoms with Crippen molar-refractivity contribution in [3.05, 3.63) is 46.3 Å². The SMILES string of the molecule is Cc1cccc(NC(=O)CSc2nnc(-c3cc4c(s3)CC[C@@H](C)C4)o2)c1. The normalized spacial score (nSPS) is 16.1. The Bertz CT molecular complexity index is 964. The molecule has 0 radical (unpaired) electrons. The molecule has 1 aliphatic carbocycles. The number of benzene rings is 1. The number of aryl methyl sites for hydroxylation is 2. The third kappa shape index (κ3) is 4.42. The Hall–Kier alpha value is -2.12. The van der Waals surface area contributed by atoms with E-state index in [1.165, 1.54) is 28.6 Å². The summed E-state index contributed by atoms with van der Waals surface area (Å²) in [7, 11) is 0. The Balaban J connectivity index is 1.36. The molecule has 2 heterocycles. The van der Waals surface area contributed by atoms with E-state index >= 15 is 0 Å². The zero-order valence-corrected chi connectivity index (χ0v) is 17.0. The highest BCUT2D eigenvalue weighted by atomic mass is 32.2. The number of thiophene rings is 1. The highest BCUT2D eigenvalue weighted by Gasteiger charge is 2.21. The first kappa shape index (κ1) is 18.3. The molecule has 140 valence electrons. The van der Waals surface area contributed by atoms with Crippen LogP contribution in [0.15, 0.2) is 40.0 Å². The first-order valence-corrected chi connectivity index (χ1v) is 10.8. The maximum atomic E-state index is 12.1. The van der Waals surface area contributed by atoms with Gasteiger partial charge in [0.25, 0.3) is 11.1 Å². The largest absolute Gasteiger partial charge is 0.410 e. The summed E-state index contributed by atoms with van der Waals surface area (Å²) in [6.07, 6.45) is 3.50. The van der Waals surface area contributed by atoms with Crippen molar-refractivity contribution in [1.29, 1.82) is 0 Å². The molecule has 1 atom stereocenters. The Morgan fingerprint density at radius 3 is 3.11 bits per heavy atom. The van der Waals surface area contributed by atoms with Crippen molar-refractivity contribution < 1.29 is 9.21 Å². The summed E-state index contributed by atoms with van der Waals surface area (Å²) in [5.74, 6) is 1.42. The van der Waals surface area contributed by atoms with E-state index in [0.29, 0.717) is 11.1 Å². The van der Waals surface area contributed by atoms with E-state index in [2.05, 4.69) is 28.5 Å². The van der Waals surface area contributed by atoms with Gasteiger partial charge in [-0.1, -0.05) is 30.8 Å². The minimum atomic E-state index is -0.0917. The molecule has 2 aromatic heterocycles. The molecular weight excluding hydrogens is 378 g/mol. The van der Waals surface area contributed by atoms with Crippen molar-refractivity contribution in [1.82, 2.24) is 10.2 Å². The van der Waals surface area contributed by atoms with Gasteiger partial charge in [0.1, 0.15) is 0 Å². The smallest absolute Gasteiger partial charge is 0.277 e. The molecule has 5 nitrogen and oxygen atoms in total. The molecule has 0 saturated carbocycles. The number of nitrogens with zero attached hydrogens (tertiary/aromatic N) is 2. The van der Waals surface area contributed by atoms with Gasteiger partial charge in [0.05, 0.1) is 10.6 Å². The molecule has 27 heavy (non-hydrogen) atoms. The highest BCUT2D eigenvalue weighted by molar-refractivity contribution is 7.99. The molecule has 1 aliphatic rings. The van der Waals surface area contributed by atoms with Crippen molar-refractivity contribution in [2.24, 2.45) is 5.92 Å². The summed E-state index contributed by atoms with van der Waals surface area (Å²) in [6, 6.07) is 9.91. The maximum Gasteiger partial charge on any atom is 0.277 e. The molecule has 7 heteroatoms. The molecule has 0 aliphatic heterocycles. The van der Waals surface area contributed by atoms with E-state index in [1.807, 2.05) is 31.2 Å². The molecule has 0 spiro atoms. The third-order valence-corrected chi connectivity index (χ3v) is 6.62. The summed E-state index contributed by atoms with van der Waals surface area (Å²) in [4.78, 5) is 14.6. The fourth-order valence-corrected chi connectivity index (χ4v) is 4.92. The second-order valence-corrected chi connectivity index (χ2v) is 9.05. The van der Waals surface area contributed by atoms with E-state index in [4.69, 9.17) is 4.42 Å². The first-order valence-electron chi connectivity index (χ1n) is 9.01. The van der Waals surface area contributed by atoms with Crippen LogP contribution in [0.1, 0.15) is 29.3 Å². The number of aromatic nitrogens is 2. The second kappa shape index (κ2) is 7.86. The van der Waals surface area contributed by atoms with Gasteiger partial charge in [-0.05, 0) is 61.4 Å². The van der Waals surface area contributed by atoms with Crippen LogP contribution in [-0.4, -0.2) is 21.9 Å². The van der Waals surface area contributed by atoms with E-state index in [1.54, 1.807) is 11.3 Å². The van der Waals surface area contributed by atoms with Crippen LogP contribution >= 0.6 is 23.1 Å². The van der Waals surface area contributed by atoms with Gasteiger partial charge < -0.3 is 9.73 Å². The monoisotopic (exact) mass is 399 g/mol. The van der Waals surface area contributed by atoms with Crippen molar-refractivity contribution >= 4 is 34.7 Å². The van der Waals surface area contributed by atoms with Gasteiger partial charge in [-0.15, -0.1) is 21.5 Å². The lowest BCUT2D eigenvalue weighted by Crippen LogP contribution is -2.13. The number of fused-ring (bicyclic) bond motifs is 1. The molecule has 0 unspecified atom stereocenters. The molecule has 1 N–H and O–H groups in total. The van der Waals surface area contributed by atoms with Gasteiger partial charge in [0.15, 0.2) is 0 Å². The summed E-state index contributed by atoms with van der Waals surface area (Å²) < 4.78 is 5.77. The highest BCUT2D eigenvalue weighted by Crippen LogP contribution is 2.37. The Labute approximate surface area is 166 Å². The van der Waals surface area contributed by atoms with Crippen LogP contribution in [0.3, 0.4) is 0 Å². The number of rotatable bonds is 5. The van der Waals surface area contributed by atoms with Crippen LogP contribution in [-0.2, 0) is 17.6 Å². The number of thioether (sulfide) groups is 1. The molecule has 0 fully saturated rings. The predicted octanol–water partition coefficient (Wildman–Crippen LogP) is 4.96.